The van der Waals surface area contributed by atoms with E-state index in [0.717, 1.165) is 0 Å². The van der Waals surface area contributed by atoms with Gasteiger partial charge in [-0.1, -0.05) is 18.2 Å². The van der Waals surface area contributed by atoms with Crippen molar-refractivity contribution in [2.75, 3.05) is 17.2 Å². The van der Waals surface area contributed by atoms with Gasteiger partial charge in [-0.25, -0.2) is 0 Å². The van der Waals surface area contributed by atoms with Gasteiger partial charge >= 0.3 is 5.97 Å². The lowest BCUT2D eigenvalue weighted by atomic mass is 10.1. The van der Waals surface area contributed by atoms with Crippen molar-refractivity contribution in [3.63, 3.8) is 0 Å². The Morgan fingerprint density at radius 1 is 1.03 bits per heavy atom. The highest BCUT2D eigenvalue weighted by atomic mass is 16.5. The second-order valence-electron chi connectivity index (χ2n) is 7.65. The number of para-hydroxylation sites is 2. The molecule has 1 unspecified atom stereocenters. The molecule has 1 fully saturated rings. The molecule has 3 amide bonds. The summed E-state index contributed by atoms with van der Waals surface area (Å²) in [5, 5.41) is 5.59. The predicted molar refractivity (Wildman–Crippen MR) is 116 cm³/mol. The van der Waals surface area contributed by atoms with Gasteiger partial charge in [0.2, 0.25) is 11.8 Å². The minimum atomic E-state index is -0.480. The molecular weight excluding hydrogens is 398 g/mol. The van der Waals surface area contributed by atoms with Gasteiger partial charge in [-0.05, 0) is 44.2 Å². The molecule has 0 saturated carbocycles. The Balaban J connectivity index is 1.71. The lowest BCUT2D eigenvalue weighted by Crippen LogP contribution is -2.33. The smallest absolute Gasteiger partial charge is 0.308 e. The van der Waals surface area contributed by atoms with Crippen molar-refractivity contribution < 1.29 is 23.9 Å². The number of nitrogens with one attached hydrogen (secondary N) is 2. The molecule has 1 saturated heterocycles. The fourth-order valence-corrected chi connectivity index (χ4v) is 3.40. The molecule has 162 valence electrons. The monoisotopic (exact) mass is 423 g/mol. The van der Waals surface area contributed by atoms with Crippen molar-refractivity contribution in [1.82, 2.24) is 4.90 Å². The van der Waals surface area contributed by atoms with Gasteiger partial charge in [0.15, 0.2) is 0 Å². The van der Waals surface area contributed by atoms with Crippen LogP contribution in [0.25, 0.3) is 0 Å². The molecule has 0 bridgehead atoms. The summed E-state index contributed by atoms with van der Waals surface area (Å²) < 4.78 is 5.02. The lowest BCUT2D eigenvalue weighted by Gasteiger charge is -2.21. The zero-order chi connectivity index (χ0) is 22.5. The van der Waals surface area contributed by atoms with Crippen LogP contribution >= 0.6 is 0 Å². The van der Waals surface area contributed by atoms with Crippen molar-refractivity contribution in [3.8, 4) is 5.75 Å². The number of likely N-dealkylation sites (tertiary alicyclic amines) is 1. The Bertz CT molecular complexity index is 1020. The zero-order valence-electron chi connectivity index (χ0n) is 17.7. The van der Waals surface area contributed by atoms with Crippen LogP contribution in [-0.2, 0) is 14.4 Å². The number of amides is 3. The number of nitrogens with zero attached hydrogens (tertiary/aromatic N) is 1. The summed E-state index contributed by atoms with van der Waals surface area (Å²) in [5.41, 5.74) is 1.16. The highest BCUT2D eigenvalue weighted by molar-refractivity contribution is 6.08. The van der Waals surface area contributed by atoms with E-state index >= 15 is 0 Å². The van der Waals surface area contributed by atoms with E-state index in [1.807, 2.05) is 13.8 Å². The molecule has 31 heavy (non-hydrogen) atoms. The lowest BCUT2D eigenvalue weighted by molar-refractivity contribution is -0.132. The number of carbonyl (C=O) groups is 4. The maximum atomic E-state index is 12.7. The van der Waals surface area contributed by atoms with Crippen LogP contribution in [-0.4, -0.2) is 41.2 Å². The maximum Gasteiger partial charge on any atom is 0.308 e. The van der Waals surface area contributed by atoms with E-state index < -0.39 is 17.8 Å². The maximum absolute atomic E-state index is 12.7. The number of anilines is 2. The average molecular weight is 423 g/mol. The number of benzene rings is 2. The third kappa shape index (κ3) is 5.48. The van der Waals surface area contributed by atoms with Crippen molar-refractivity contribution >= 4 is 35.1 Å². The zero-order valence-corrected chi connectivity index (χ0v) is 17.7. The quantitative estimate of drug-likeness (QED) is 0.549. The Morgan fingerprint density at radius 3 is 2.32 bits per heavy atom. The summed E-state index contributed by atoms with van der Waals surface area (Å²) in [4.78, 5) is 50.3. The first kappa shape index (κ1) is 22.0. The Morgan fingerprint density at radius 2 is 1.71 bits per heavy atom. The summed E-state index contributed by atoms with van der Waals surface area (Å²) in [6, 6.07) is 13.1. The van der Waals surface area contributed by atoms with E-state index in [2.05, 4.69) is 10.6 Å². The normalized spacial score (nSPS) is 15.7. The average Bonchev–Trinajstić information content (AvgIpc) is 3.11. The molecule has 8 heteroatoms. The Hall–Kier alpha value is -3.68. The van der Waals surface area contributed by atoms with Crippen molar-refractivity contribution in [2.45, 2.75) is 33.2 Å². The second-order valence-corrected chi connectivity index (χ2v) is 7.65. The number of hydrogen-bond donors (Lipinski definition) is 2. The van der Waals surface area contributed by atoms with Crippen molar-refractivity contribution in [1.29, 1.82) is 0 Å². The second kappa shape index (κ2) is 9.42. The first-order valence-corrected chi connectivity index (χ1v) is 10.0. The topological polar surface area (TPSA) is 105 Å². The fraction of sp³-hybridized carbons (Fsp3) is 0.304. The number of carbonyl (C=O) groups excluding carboxylic acids is 4. The van der Waals surface area contributed by atoms with E-state index in [1.165, 1.54) is 13.0 Å². The van der Waals surface area contributed by atoms with Crippen LogP contribution in [0, 0.1) is 5.92 Å². The minimum absolute atomic E-state index is 0.0376. The van der Waals surface area contributed by atoms with Crippen LogP contribution in [0.4, 0.5) is 11.4 Å². The predicted octanol–water partition coefficient (Wildman–Crippen LogP) is 3.06. The SMILES string of the molecule is CC(=O)Oc1cccc(C(=O)Nc2ccccc2NC(=O)C2CC(=O)N(C(C)C)C2)c1. The van der Waals surface area contributed by atoms with E-state index in [-0.39, 0.29) is 30.0 Å². The van der Waals surface area contributed by atoms with Gasteiger partial charge in [0.25, 0.3) is 5.91 Å². The Kier molecular flexibility index (Phi) is 6.69. The molecule has 1 aliphatic heterocycles. The summed E-state index contributed by atoms with van der Waals surface area (Å²) in [7, 11) is 0. The van der Waals surface area contributed by atoms with Crippen molar-refractivity contribution in [2.24, 2.45) is 5.92 Å². The number of ether oxygens (including phenoxy) is 1. The van der Waals surface area contributed by atoms with Crippen molar-refractivity contribution in [3.05, 3.63) is 54.1 Å². The highest BCUT2D eigenvalue weighted by Gasteiger charge is 2.35. The molecule has 1 aliphatic rings. The summed E-state index contributed by atoms with van der Waals surface area (Å²) in [6.45, 7) is 5.49. The summed E-state index contributed by atoms with van der Waals surface area (Å²) in [5.74, 6) is -1.38. The van der Waals surface area contributed by atoms with E-state index in [4.69, 9.17) is 4.74 Å². The molecule has 1 atom stereocenters. The van der Waals surface area contributed by atoms with Gasteiger partial charge in [-0.15, -0.1) is 0 Å². The first-order valence-electron chi connectivity index (χ1n) is 10.0. The van der Waals surface area contributed by atoms with Crippen LogP contribution in [0.3, 0.4) is 0 Å². The van der Waals surface area contributed by atoms with E-state index in [9.17, 15) is 19.2 Å². The molecule has 0 radical (unpaired) electrons. The minimum Gasteiger partial charge on any atom is -0.427 e. The van der Waals surface area contributed by atoms with Gasteiger partial charge in [0.05, 0.1) is 17.3 Å². The van der Waals surface area contributed by atoms with Crippen LogP contribution < -0.4 is 15.4 Å². The third-order valence-corrected chi connectivity index (χ3v) is 4.94. The van der Waals surface area contributed by atoms with Gasteiger partial charge in [-0.3, -0.25) is 19.2 Å². The van der Waals surface area contributed by atoms with E-state index in [0.29, 0.717) is 23.5 Å². The molecule has 8 nitrogen and oxygen atoms in total. The molecule has 2 N–H and O–H groups in total. The van der Waals surface area contributed by atoms with E-state index in [1.54, 1.807) is 47.4 Å². The number of hydrogen-bond acceptors (Lipinski definition) is 5. The van der Waals surface area contributed by atoms with Crippen LogP contribution in [0.2, 0.25) is 0 Å². The highest BCUT2D eigenvalue weighted by Crippen LogP contribution is 2.26. The molecular formula is C23H25N3O5. The molecule has 0 aromatic heterocycles. The van der Waals surface area contributed by atoms with Crippen LogP contribution in [0.5, 0.6) is 5.75 Å². The third-order valence-electron chi connectivity index (χ3n) is 4.94. The molecule has 2 aromatic rings. The number of rotatable bonds is 6. The first-order chi connectivity index (χ1) is 14.7. The molecule has 0 aliphatic carbocycles. The van der Waals surface area contributed by atoms with Gasteiger partial charge in [0.1, 0.15) is 5.75 Å². The molecule has 0 spiro atoms. The van der Waals surface area contributed by atoms with Gasteiger partial charge < -0.3 is 20.3 Å². The number of esters is 1. The standard InChI is InChI=1S/C23H25N3O5/c1-14(2)26-13-17(12-21(26)28)23(30)25-20-10-5-4-9-19(20)24-22(29)16-7-6-8-18(11-16)31-15(3)27/h4-11,14,17H,12-13H2,1-3H3,(H,24,29)(H,25,30). The molecule has 1 heterocycles. The molecule has 3 rings (SSSR count). The summed E-state index contributed by atoms with van der Waals surface area (Å²) in [6.07, 6.45) is 0.168. The van der Waals surface area contributed by atoms with Crippen LogP contribution in [0.15, 0.2) is 48.5 Å². The van der Waals surface area contributed by atoms with Gasteiger partial charge in [-0.2, -0.15) is 0 Å². The Labute approximate surface area is 180 Å². The largest absolute Gasteiger partial charge is 0.427 e. The van der Waals surface area contributed by atoms with Crippen LogP contribution in [0.1, 0.15) is 37.6 Å². The summed E-state index contributed by atoms with van der Waals surface area (Å²) >= 11 is 0. The van der Waals surface area contributed by atoms with Gasteiger partial charge in [0, 0.05) is 31.5 Å². The fourth-order valence-electron chi connectivity index (χ4n) is 3.40. The molecule has 2 aromatic carbocycles.